The molecule has 1 aromatic carbocycles. The summed E-state index contributed by atoms with van der Waals surface area (Å²) in [7, 11) is 1.62. The molecule has 142 valence electrons. The molecule has 1 heterocycles. The number of ketones is 1. The van der Waals surface area contributed by atoms with E-state index in [1.165, 1.54) is 27.2 Å². The second-order valence-electron chi connectivity index (χ2n) is 7.33. The van der Waals surface area contributed by atoms with Gasteiger partial charge >= 0.3 is 5.97 Å². The maximum atomic E-state index is 12.1. The van der Waals surface area contributed by atoms with Crippen LogP contribution in [0.4, 0.5) is 0 Å². The topological polar surface area (TPSA) is 79.7 Å². The van der Waals surface area contributed by atoms with E-state index in [-0.39, 0.29) is 18.1 Å². The van der Waals surface area contributed by atoms with Gasteiger partial charge < -0.3 is 14.2 Å². The summed E-state index contributed by atoms with van der Waals surface area (Å²) in [4.78, 5) is 24.1. The Morgan fingerprint density at radius 1 is 1.19 bits per heavy atom. The minimum absolute atomic E-state index is 0.201. The third-order valence-electron chi connectivity index (χ3n) is 4.00. The Balaban J connectivity index is 2.41. The smallest absolute Gasteiger partial charge is 0.340 e. The maximum Gasteiger partial charge on any atom is 0.340 e. The molecule has 1 aromatic heterocycles. The van der Waals surface area contributed by atoms with E-state index in [1.54, 1.807) is 10.9 Å². The average molecular weight is 379 g/mol. The van der Waals surface area contributed by atoms with Crippen LogP contribution in [0.25, 0.3) is 10.9 Å². The van der Waals surface area contributed by atoms with Gasteiger partial charge in [-0.15, -0.1) is 0 Å². The van der Waals surface area contributed by atoms with Crippen molar-refractivity contribution < 1.29 is 23.8 Å². The monoisotopic (exact) mass is 378 g/mol. The highest BCUT2D eigenvalue weighted by Crippen LogP contribution is 2.32. The molecule has 0 amide bonds. The first kappa shape index (κ1) is 20.1. The zero-order chi connectivity index (χ0) is 19.5. The maximum absolute atomic E-state index is 12.1. The van der Waals surface area contributed by atoms with E-state index in [2.05, 4.69) is 24.7 Å². The van der Waals surface area contributed by atoms with Crippen molar-refractivity contribution in [3.05, 3.63) is 23.4 Å². The normalized spacial score (nSPS) is 11.6. The molecule has 0 aliphatic carbocycles. The fourth-order valence-electron chi connectivity index (χ4n) is 2.56. The van der Waals surface area contributed by atoms with E-state index < -0.39 is 14.0 Å². The summed E-state index contributed by atoms with van der Waals surface area (Å²) in [6, 6.07) is 2.53. The summed E-state index contributed by atoms with van der Waals surface area (Å²) in [6.07, 6.45) is 1.72. The number of carbonyl (C=O) groups excluding carboxylic acids is 2. The second kappa shape index (κ2) is 8.01. The van der Waals surface area contributed by atoms with Crippen LogP contribution < -0.4 is 4.74 Å². The molecule has 2 aromatic rings. The van der Waals surface area contributed by atoms with Gasteiger partial charge in [-0.2, -0.15) is 5.10 Å². The lowest BCUT2D eigenvalue weighted by atomic mass is 10.0. The molecule has 0 aliphatic rings. The van der Waals surface area contributed by atoms with Crippen molar-refractivity contribution in [1.29, 1.82) is 0 Å². The van der Waals surface area contributed by atoms with Gasteiger partial charge in [0.1, 0.15) is 18.0 Å². The van der Waals surface area contributed by atoms with Gasteiger partial charge in [-0.1, -0.05) is 19.6 Å². The largest absolute Gasteiger partial charge is 0.495 e. The minimum atomic E-state index is -1.16. The summed E-state index contributed by atoms with van der Waals surface area (Å²) in [5.41, 5.74) is 0.974. The SMILES string of the molecule is COC(=O)c1cc(C(C)=O)c(OC)c2cn(COCC[Si](C)(C)C)nc12. The molecule has 8 heteroatoms. The Hall–Kier alpha value is -2.19. The zero-order valence-corrected chi connectivity index (χ0v) is 17.2. The van der Waals surface area contributed by atoms with Gasteiger partial charge in [-0.25, -0.2) is 9.48 Å². The molecule has 26 heavy (non-hydrogen) atoms. The Bertz CT molecular complexity index is 823. The van der Waals surface area contributed by atoms with Gasteiger partial charge in [0, 0.05) is 20.9 Å². The van der Waals surface area contributed by atoms with E-state index >= 15 is 0 Å². The Morgan fingerprint density at radius 3 is 2.42 bits per heavy atom. The van der Waals surface area contributed by atoms with Gasteiger partial charge in [0.2, 0.25) is 0 Å². The number of esters is 1. The van der Waals surface area contributed by atoms with Gasteiger partial charge in [0.05, 0.1) is 30.7 Å². The Kier molecular flexibility index (Phi) is 6.20. The molecular formula is C18H26N2O5Si. The number of hydrogen-bond acceptors (Lipinski definition) is 6. The van der Waals surface area contributed by atoms with Crippen molar-refractivity contribution in [2.24, 2.45) is 0 Å². The van der Waals surface area contributed by atoms with Crippen LogP contribution in [0.2, 0.25) is 25.7 Å². The van der Waals surface area contributed by atoms with Crippen LogP contribution in [0, 0.1) is 0 Å². The van der Waals surface area contributed by atoms with Crippen LogP contribution in [-0.2, 0) is 16.2 Å². The van der Waals surface area contributed by atoms with Crippen LogP contribution in [0.3, 0.4) is 0 Å². The first-order chi connectivity index (χ1) is 12.2. The molecule has 0 atom stereocenters. The first-order valence-corrected chi connectivity index (χ1v) is 12.1. The molecule has 2 rings (SSSR count). The highest BCUT2D eigenvalue weighted by Gasteiger charge is 2.23. The van der Waals surface area contributed by atoms with E-state index in [4.69, 9.17) is 14.2 Å². The molecule has 0 radical (unpaired) electrons. The van der Waals surface area contributed by atoms with Crippen LogP contribution >= 0.6 is 0 Å². The number of carbonyl (C=O) groups is 2. The Morgan fingerprint density at radius 2 is 1.88 bits per heavy atom. The number of benzene rings is 1. The molecule has 0 aliphatic heterocycles. The number of Topliss-reactive ketones (excluding diaryl/α,β-unsaturated/α-hetero) is 1. The van der Waals surface area contributed by atoms with Crippen LogP contribution in [0.5, 0.6) is 5.75 Å². The second-order valence-corrected chi connectivity index (χ2v) is 13.0. The third kappa shape index (κ3) is 4.50. The average Bonchev–Trinajstić information content (AvgIpc) is 2.99. The quantitative estimate of drug-likeness (QED) is 0.303. The van der Waals surface area contributed by atoms with Crippen LogP contribution in [0.15, 0.2) is 12.3 Å². The molecule has 0 N–H and O–H groups in total. The lowest BCUT2D eigenvalue weighted by Gasteiger charge is -2.15. The molecule has 0 saturated heterocycles. The molecule has 7 nitrogen and oxygen atoms in total. The molecule has 0 bridgehead atoms. The first-order valence-electron chi connectivity index (χ1n) is 8.43. The van der Waals surface area contributed by atoms with E-state index in [0.717, 1.165) is 6.04 Å². The molecule has 0 unspecified atom stereocenters. The fourth-order valence-corrected chi connectivity index (χ4v) is 3.32. The van der Waals surface area contributed by atoms with Crippen LogP contribution in [-0.4, -0.2) is 50.4 Å². The summed E-state index contributed by atoms with van der Waals surface area (Å²) >= 11 is 0. The van der Waals surface area contributed by atoms with Crippen molar-refractivity contribution in [2.45, 2.75) is 39.3 Å². The number of fused-ring (bicyclic) bond motifs is 1. The predicted molar refractivity (Wildman–Crippen MR) is 102 cm³/mol. The number of methoxy groups -OCH3 is 2. The standard InChI is InChI=1S/C18H26N2O5Si/c1-12(21)13-9-14(18(22)24-3)16-15(17(13)23-2)10-20(19-16)11-25-7-8-26(4,5)6/h9-10H,7-8,11H2,1-6H3. The molecule has 0 saturated carbocycles. The number of aromatic nitrogens is 2. The molecule has 0 spiro atoms. The van der Waals surface area contributed by atoms with Crippen molar-refractivity contribution >= 4 is 30.7 Å². The Labute approximate surface area is 154 Å². The minimum Gasteiger partial charge on any atom is -0.495 e. The highest BCUT2D eigenvalue weighted by molar-refractivity contribution is 6.76. The number of hydrogen-bond donors (Lipinski definition) is 0. The number of nitrogens with zero attached hydrogens (tertiary/aromatic N) is 2. The van der Waals surface area contributed by atoms with E-state index in [0.29, 0.717) is 28.8 Å². The van der Waals surface area contributed by atoms with Gasteiger partial charge in [-0.3, -0.25) is 4.79 Å². The van der Waals surface area contributed by atoms with Crippen molar-refractivity contribution in [1.82, 2.24) is 9.78 Å². The summed E-state index contributed by atoms with van der Waals surface area (Å²) in [6.45, 7) is 9.21. The predicted octanol–water partition coefficient (Wildman–Crippen LogP) is 3.35. The van der Waals surface area contributed by atoms with Crippen molar-refractivity contribution in [2.75, 3.05) is 20.8 Å². The van der Waals surface area contributed by atoms with E-state index in [1.807, 2.05) is 0 Å². The lowest BCUT2D eigenvalue weighted by Crippen LogP contribution is -2.22. The molecular weight excluding hydrogens is 352 g/mol. The van der Waals surface area contributed by atoms with Gasteiger partial charge in [0.25, 0.3) is 0 Å². The summed E-state index contributed by atoms with van der Waals surface area (Å²) in [5.74, 6) is -0.355. The lowest BCUT2D eigenvalue weighted by molar-refractivity contribution is 0.0602. The zero-order valence-electron chi connectivity index (χ0n) is 16.2. The van der Waals surface area contributed by atoms with Crippen LogP contribution in [0.1, 0.15) is 27.6 Å². The fraction of sp³-hybridized carbons (Fsp3) is 0.500. The number of ether oxygens (including phenoxy) is 3. The van der Waals surface area contributed by atoms with Crippen molar-refractivity contribution in [3.8, 4) is 5.75 Å². The van der Waals surface area contributed by atoms with Gasteiger partial charge in [0.15, 0.2) is 5.78 Å². The summed E-state index contributed by atoms with van der Waals surface area (Å²) in [5, 5.41) is 5.01. The van der Waals surface area contributed by atoms with Gasteiger partial charge in [-0.05, 0) is 19.0 Å². The highest BCUT2D eigenvalue weighted by atomic mass is 28.3. The molecule has 0 fully saturated rings. The summed E-state index contributed by atoms with van der Waals surface area (Å²) < 4.78 is 17.6. The number of rotatable bonds is 8. The third-order valence-corrected chi connectivity index (χ3v) is 5.71. The van der Waals surface area contributed by atoms with Crippen molar-refractivity contribution in [3.63, 3.8) is 0 Å². The van der Waals surface area contributed by atoms with E-state index in [9.17, 15) is 9.59 Å².